The Balaban J connectivity index is 1.62. The Morgan fingerprint density at radius 2 is 1.74 bits per heavy atom. The van der Waals surface area contributed by atoms with E-state index >= 15 is 0 Å². The van der Waals surface area contributed by atoms with Crippen molar-refractivity contribution in [1.29, 1.82) is 0 Å². The molecule has 7 nitrogen and oxygen atoms in total. The molecule has 27 heavy (non-hydrogen) atoms. The summed E-state index contributed by atoms with van der Waals surface area (Å²) in [7, 11) is 0. The van der Waals surface area contributed by atoms with Gasteiger partial charge >= 0.3 is 11.8 Å². The van der Waals surface area contributed by atoms with Gasteiger partial charge in [-0.15, -0.1) is 0 Å². The van der Waals surface area contributed by atoms with Crippen LogP contribution in [0, 0.1) is 0 Å². The number of rotatable bonds is 5. The van der Waals surface area contributed by atoms with Gasteiger partial charge in [0, 0.05) is 5.69 Å². The molecule has 3 rings (SSSR count). The zero-order valence-electron chi connectivity index (χ0n) is 15.2. The Labute approximate surface area is 157 Å². The van der Waals surface area contributed by atoms with E-state index in [1.165, 1.54) is 6.21 Å². The van der Waals surface area contributed by atoms with Crippen LogP contribution in [0.1, 0.15) is 30.5 Å². The second-order valence-corrected chi connectivity index (χ2v) is 5.92. The second-order valence-electron chi connectivity index (χ2n) is 5.92. The minimum absolute atomic E-state index is 0.186. The monoisotopic (exact) mass is 367 g/mol. The highest BCUT2D eigenvalue weighted by atomic mass is 16.7. The third kappa shape index (κ3) is 4.25. The number of fused-ring (bicyclic) bond motifs is 1. The maximum Gasteiger partial charge on any atom is 0.329 e. The molecule has 0 saturated carbocycles. The predicted molar refractivity (Wildman–Crippen MR) is 102 cm³/mol. The SMILES string of the molecule is CCc1cccc(CC)c1NC(=O)C(=O)N/N=C\c1ccc2c(c1)OCO2. The molecular formula is C20H21N3O4. The minimum atomic E-state index is -0.833. The van der Waals surface area contributed by atoms with Gasteiger partial charge in [-0.25, -0.2) is 5.43 Å². The summed E-state index contributed by atoms with van der Waals surface area (Å²) in [6.45, 7) is 4.19. The average Bonchev–Trinajstić information content (AvgIpc) is 3.15. The molecule has 2 amide bonds. The van der Waals surface area contributed by atoms with Crippen molar-refractivity contribution in [2.45, 2.75) is 26.7 Å². The summed E-state index contributed by atoms with van der Waals surface area (Å²) in [5.41, 5.74) is 5.62. The Morgan fingerprint density at radius 3 is 2.44 bits per heavy atom. The van der Waals surface area contributed by atoms with Gasteiger partial charge < -0.3 is 14.8 Å². The lowest BCUT2D eigenvalue weighted by Crippen LogP contribution is -2.33. The van der Waals surface area contributed by atoms with E-state index in [1.54, 1.807) is 18.2 Å². The van der Waals surface area contributed by atoms with Gasteiger partial charge in [-0.2, -0.15) is 5.10 Å². The summed E-state index contributed by atoms with van der Waals surface area (Å²) in [5, 5.41) is 6.54. The van der Waals surface area contributed by atoms with Crippen LogP contribution in [0.2, 0.25) is 0 Å². The molecule has 0 aromatic heterocycles. The van der Waals surface area contributed by atoms with E-state index in [2.05, 4.69) is 15.8 Å². The molecule has 2 N–H and O–H groups in total. The maximum absolute atomic E-state index is 12.2. The summed E-state index contributed by atoms with van der Waals surface area (Å²) in [6, 6.07) is 11.1. The van der Waals surface area contributed by atoms with Gasteiger partial charge in [0.2, 0.25) is 6.79 Å². The van der Waals surface area contributed by atoms with Crippen molar-refractivity contribution in [3.63, 3.8) is 0 Å². The Kier molecular flexibility index (Phi) is 5.71. The molecule has 0 radical (unpaired) electrons. The van der Waals surface area contributed by atoms with Gasteiger partial charge in [-0.3, -0.25) is 9.59 Å². The molecular weight excluding hydrogens is 346 g/mol. The molecule has 0 spiro atoms. The zero-order valence-corrected chi connectivity index (χ0v) is 15.2. The zero-order chi connectivity index (χ0) is 19.2. The van der Waals surface area contributed by atoms with Gasteiger partial charge in [0.1, 0.15) is 0 Å². The lowest BCUT2D eigenvalue weighted by molar-refractivity contribution is -0.136. The van der Waals surface area contributed by atoms with Crippen LogP contribution in [-0.4, -0.2) is 24.8 Å². The normalized spacial score (nSPS) is 12.2. The first kappa shape index (κ1) is 18.4. The second kappa shape index (κ2) is 8.35. The number of para-hydroxylation sites is 1. The highest BCUT2D eigenvalue weighted by molar-refractivity contribution is 6.39. The third-order valence-corrected chi connectivity index (χ3v) is 4.22. The number of hydrogen-bond acceptors (Lipinski definition) is 5. The number of aryl methyl sites for hydroxylation is 2. The number of amides is 2. The summed E-state index contributed by atoms with van der Waals surface area (Å²) in [4.78, 5) is 24.3. The van der Waals surface area contributed by atoms with Crippen molar-refractivity contribution in [2.24, 2.45) is 5.10 Å². The van der Waals surface area contributed by atoms with Crippen molar-refractivity contribution in [3.05, 3.63) is 53.1 Å². The van der Waals surface area contributed by atoms with Crippen molar-refractivity contribution >= 4 is 23.7 Å². The number of anilines is 1. The van der Waals surface area contributed by atoms with E-state index in [0.717, 1.165) is 24.0 Å². The fourth-order valence-electron chi connectivity index (χ4n) is 2.78. The number of nitrogens with one attached hydrogen (secondary N) is 2. The van der Waals surface area contributed by atoms with Gasteiger partial charge in [0.15, 0.2) is 11.5 Å². The van der Waals surface area contributed by atoms with Crippen LogP contribution in [-0.2, 0) is 22.4 Å². The Morgan fingerprint density at radius 1 is 1.04 bits per heavy atom. The molecule has 0 fully saturated rings. The molecule has 1 heterocycles. The first-order valence-corrected chi connectivity index (χ1v) is 8.77. The van der Waals surface area contributed by atoms with Crippen LogP contribution in [0.4, 0.5) is 5.69 Å². The highest BCUT2D eigenvalue weighted by Crippen LogP contribution is 2.31. The third-order valence-electron chi connectivity index (χ3n) is 4.22. The van der Waals surface area contributed by atoms with E-state index in [1.807, 2.05) is 32.0 Å². The van der Waals surface area contributed by atoms with E-state index < -0.39 is 11.8 Å². The fourth-order valence-corrected chi connectivity index (χ4v) is 2.78. The predicted octanol–water partition coefficient (Wildman–Crippen LogP) is 2.63. The standard InChI is InChI=1S/C20H21N3O4/c1-3-14-6-5-7-15(4-2)18(14)22-19(24)20(25)23-21-11-13-8-9-16-17(10-13)27-12-26-16/h5-11H,3-4,12H2,1-2H3,(H,22,24)(H,23,25)/b21-11-. The summed E-state index contributed by atoms with van der Waals surface area (Å²) in [6.07, 6.45) is 2.95. The van der Waals surface area contributed by atoms with Crippen LogP contribution in [0.5, 0.6) is 11.5 Å². The molecule has 7 heteroatoms. The van der Waals surface area contributed by atoms with Crippen molar-refractivity contribution in [1.82, 2.24) is 5.43 Å². The topological polar surface area (TPSA) is 89.0 Å². The molecule has 0 unspecified atom stereocenters. The molecule has 2 aromatic carbocycles. The van der Waals surface area contributed by atoms with Crippen molar-refractivity contribution in [3.8, 4) is 11.5 Å². The van der Waals surface area contributed by atoms with E-state index in [4.69, 9.17) is 9.47 Å². The van der Waals surface area contributed by atoms with E-state index in [0.29, 0.717) is 22.7 Å². The van der Waals surface area contributed by atoms with Crippen LogP contribution in [0.3, 0.4) is 0 Å². The molecule has 0 saturated heterocycles. The van der Waals surface area contributed by atoms with E-state index in [9.17, 15) is 9.59 Å². The fraction of sp³-hybridized carbons (Fsp3) is 0.250. The van der Waals surface area contributed by atoms with Gasteiger partial charge in [-0.05, 0) is 47.7 Å². The molecule has 1 aliphatic rings. The van der Waals surface area contributed by atoms with Crippen molar-refractivity contribution in [2.75, 3.05) is 12.1 Å². The molecule has 2 aromatic rings. The Hall–Kier alpha value is -3.35. The Bertz CT molecular complexity index is 871. The quantitative estimate of drug-likeness (QED) is 0.483. The summed E-state index contributed by atoms with van der Waals surface area (Å²) in [5.74, 6) is -0.309. The van der Waals surface area contributed by atoms with Crippen LogP contribution in [0.15, 0.2) is 41.5 Å². The van der Waals surface area contributed by atoms with Gasteiger partial charge in [-0.1, -0.05) is 32.0 Å². The lowest BCUT2D eigenvalue weighted by atomic mass is 10.0. The van der Waals surface area contributed by atoms with Crippen LogP contribution in [0.25, 0.3) is 0 Å². The van der Waals surface area contributed by atoms with Crippen LogP contribution < -0.4 is 20.2 Å². The number of carbonyl (C=O) groups is 2. The number of hydrogen-bond donors (Lipinski definition) is 2. The highest BCUT2D eigenvalue weighted by Gasteiger charge is 2.17. The number of benzene rings is 2. The van der Waals surface area contributed by atoms with Crippen LogP contribution >= 0.6 is 0 Å². The smallest absolute Gasteiger partial charge is 0.329 e. The summed E-state index contributed by atoms with van der Waals surface area (Å²) >= 11 is 0. The van der Waals surface area contributed by atoms with Gasteiger partial charge in [0.05, 0.1) is 6.21 Å². The number of hydrazone groups is 1. The van der Waals surface area contributed by atoms with Crippen molar-refractivity contribution < 1.29 is 19.1 Å². The first-order valence-electron chi connectivity index (χ1n) is 8.77. The maximum atomic E-state index is 12.2. The molecule has 0 aliphatic carbocycles. The summed E-state index contributed by atoms with van der Waals surface area (Å²) < 4.78 is 10.5. The molecule has 1 aliphatic heterocycles. The first-order chi connectivity index (χ1) is 13.1. The van der Waals surface area contributed by atoms with E-state index in [-0.39, 0.29) is 6.79 Å². The number of carbonyl (C=O) groups excluding carboxylic acids is 2. The minimum Gasteiger partial charge on any atom is -0.454 e. The number of nitrogens with zero attached hydrogens (tertiary/aromatic N) is 1. The molecule has 0 atom stereocenters. The molecule has 140 valence electrons. The number of ether oxygens (including phenoxy) is 2. The molecule has 0 bridgehead atoms. The largest absolute Gasteiger partial charge is 0.454 e. The lowest BCUT2D eigenvalue weighted by Gasteiger charge is -2.13. The average molecular weight is 367 g/mol. The van der Waals surface area contributed by atoms with Gasteiger partial charge in [0.25, 0.3) is 0 Å².